The van der Waals surface area contributed by atoms with Crippen LogP contribution in [-0.4, -0.2) is 12.9 Å². The van der Waals surface area contributed by atoms with Gasteiger partial charge >= 0.3 is 0 Å². The molecule has 2 aromatic rings. The van der Waals surface area contributed by atoms with E-state index in [1.807, 2.05) is 49.4 Å². The van der Waals surface area contributed by atoms with Gasteiger partial charge in [0, 0.05) is 11.5 Å². The van der Waals surface area contributed by atoms with Crippen molar-refractivity contribution in [1.29, 1.82) is 0 Å². The van der Waals surface area contributed by atoms with Crippen molar-refractivity contribution in [3.05, 3.63) is 65.7 Å². The fourth-order valence-corrected chi connectivity index (χ4v) is 2.10. The zero-order valence-corrected chi connectivity index (χ0v) is 11.3. The van der Waals surface area contributed by atoms with Crippen LogP contribution in [0.15, 0.2) is 54.6 Å². The third-order valence-corrected chi connectivity index (χ3v) is 3.21. The van der Waals surface area contributed by atoms with Crippen LogP contribution in [0, 0.1) is 5.92 Å². The largest absolute Gasteiger partial charge is 0.497 e. The number of rotatable bonds is 5. The molecule has 0 aliphatic rings. The Morgan fingerprint density at radius 2 is 1.68 bits per heavy atom. The zero-order valence-electron chi connectivity index (χ0n) is 11.3. The van der Waals surface area contributed by atoms with Crippen LogP contribution in [-0.2, 0) is 6.42 Å². The molecule has 1 unspecified atom stereocenters. The molecule has 0 spiro atoms. The van der Waals surface area contributed by atoms with Crippen molar-refractivity contribution in [1.82, 2.24) is 0 Å². The van der Waals surface area contributed by atoms with E-state index in [2.05, 4.69) is 12.1 Å². The first-order valence-electron chi connectivity index (χ1n) is 6.43. The minimum atomic E-state index is -0.0178. The van der Waals surface area contributed by atoms with Crippen LogP contribution in [0.1, 0.15) is 22.8 Å². The lowest BCUT2D eigenvalue weighted by atomic mass is 9.93. The molecule has 2 rings (SSSR count). The number of carbonyl (C=O) groups excluding carboxylic acids is 1. The van der Waals surface area contributed by atoms with Gasteiger partial charge in [0.1, 0.15) is 5.75 Å². The summed E-state index contributed by atoms with van der Waals surface area (Å²) < 4.78 is 5.09. The SMILES string of the molecule is COc1ccc(C(=O)C(C)Cc2ccccc2)cc1. The minimum Gasteiger partial charge on any atom is -0.497 e. The molecule has 0 saturated heterocycles. The number of ketones is 1. The molecular weight excluding hydrogens is 236 g/mol. The number of ether oxygens (including phenoxy) is 1. The quantitative estimate of drug-likeness (QED) is 0.759. The number of Topliss-reactive ketones (excluding diaryl/α,β-unsaturated/α-hetero) is 1. The Kier molecular flexibility index (Phi) is 4.35. The Hall–Kier alpha value is -2.09. The highest BCUT2D eigenvalue weighted by atomic mass is 16.5. The van der Waals surface area contributed by atoms with Crippen LogP contribution in [0.3, 0.4) is 0 Å². The number of carbonyl (C=O) groups is 1. The molecule has 2 nitrogen and oxygen atoms in total. The summed E-state index contributed by atoms with van der Waals surface area (Å²) in [7, 11) is 1.62. The summed E-state index contributed by atoms with van der Waals surface area (Å²) in [5, 5.41) is 0. The van der Waals surface area contributed by atoms with Gasteiger partial charge in [-0.2, -0.15) is 0 Å². The Balaban J connectivity index is 2.06. The van der Waals surface area contributed by atoms with Gasteiger partial charge in [0.2, 0.25) is 0 Å². The number of hydrogen-bond acceptors (Lipinski definition) is 2. The van der Waals surface area contributed by atoms with E-state index in [0.717, 1.165) is 17.7 Å². The van der Waals surface area contributed by atoms with Crippen molar-refractivity contribution in [2.45, 2.75) is 13.3 Å². The molecule has 2 aromatic carbocycles. The van der Waals surface area contributed by atoms with Crippen LogP contribution in [0.2, 0.25) is 0 Å². The first-order valence-corrected chi connectivity index (χ1v) is 6.43. The van der Waals surface area contributed by atoms with Crippen molar-refractivity contribution in [2.24, 2.45) is 5.92 Å². The number of benzene rings is 2. The Bertz CT molecular complexity index is 529. The molecule has 1 atom stereocenters. The third kappa shape index (κ3) is 3.44. The van der Waals surface area contributed by atoms with Gasteiger partial charge in [-0.1, -0.05) is 37.3 Å². The molecule has 0 aliphatic carbocycles. The standard InChI is InChI=1S/C17H18O2/c1-13(12-14-6-4-3-5-7-14)17(18)15-8-10-16(19-2)11-9-15/h3-11,13H,12H2,1-2H3. The average molecular weight is 254 g/mol. The van der Waals surface area contributed by atoms with E-state index < -0.39 is 0 Å². The lowest BCUT2D eigenvalue weighted by Gasteiger charge is -2.11. The van der Waals surface area contributed by atoms with Gasteiger partial charge in [-0.05, 0) is 36.2 Å². The second-order valence-corrected chi connectivity index (χ2v) is 4.68. The van der Waals surface area contributed by atoms with Crippen molar-refractivity contribution in [3.63, 3.8) is 0 Å². The van der Waals surface area contributed by atoms with Gasteiger partial charge < -0.3 is 4.74 Å². The highest BCUT2D eigenvalue weighted by Crippen LogP contribution is 2.17. The Morgan fingerprint density at radius 1 is 1.05 bits per heavy atom. The lowest BCUT2D eigenvalue weighted by Crippen LogP contribution is -2.13. The maximum Gasteiger partial charge on any atom is 0.165 e. The molecule has 0 N–H and O–H groups in total. The molecule has 0 heterocycles. The van der Waals surface area contributed by atoms with E-state index in [4.69, 9.17) is 4.74 Å². The predicted octanol–water partition coefficient (Wildman–Crippen LogP) is 3.76. The second-order valence-electron chi connectivity index (χ2n) is 4.68. The molecule has 0 aliphatic heterocycles. The molecule has 0 saturated carbocycles. The van der Waals surface area contributed by atoms with Crippen LogP contribution in [0.4, 0.5) is 0 Å². The van der Waals surface area contributed by atoms with Gasteiger partial charge in [-0.25, -0.2) is 0 Å². The fraction of sp³-hybridized carbons (Fsp3) is 0.235. The predicted molar refractivity (Wildman–Crippen MR) is 76.6 cm³/mol. The highest BCUT2D eigenvalue weighted by Gasteiger charge is 2.15. The lowest BCUT2D eigenvalue weighted by molar-refractivity contribution is 0.0929. The molecular formula is C17H18O2. The first-order chi connectivity index (χ1) is 9.20. The van der Waals surface area contributed by atoms with Crippen LogP contribution in [0.5, 0.6) is 5.75 Å². The molecule has 19 heavy (non-hydrogen) atoms. The van der Waals surface area contributed by atoms with Gasteiger partial charge in [-0.15, -0.1) is 0 Å². The van der Waals surface area contributed by atoms with E-state index in [-0.39, 0.29) is 11.7 Å². The monoisotopic (exact) mass is 254 g/mol. The van der Waals surface area contributed by atoms with Crippen LogP contribution in [0.25, 0.3) is 0 Å². The molecule has 0 radical (unpaired) electrons. The van der Waals surface area contributed by atoms with Crippen molar-refractivity contribution in [2.75, 3.05) is 7.11 Å². The molecule has 2 heteroatoms. The smallest absolute Gasteiger partial charge is 0.165 e. The van der Waals surface area contributed by atoms with Crippen molar-refractivity contribution < 1.29 is 9.53 Å². The summed E-state index contributed by atoms with van der Waals surface area (Å²) >= 11 is 0. The second kappa shape index (κ2) is 6.19. The van der Waals surface area contributed by atoms with Gasteiger partial charge in [0.25, 0.3) is 0 Å². The molecule has 0 aromatic heterocycles. The van der Waals surface area contributed by atoms with Crippen molar-refractivity contribution >= 4 is 5.78 Å². The van der Waals surface area contributed by atoms with E-state index in [0.29, 0.717) is 0 Å². The number of methoxy groups -OCH3 is 1. The topological polar surface area (TPSA) is 26.3 Å². The Morgan fingerprint density at radius 3 is 2.26 bits per heavy atom. The third-order valence-electron chi connectivity index (χ3n) is 3.21. The van der Waals surface area contributed by atoms with Gasteiger partial charge in [0.05, 0.1) is 7.11 Å². The zero-order chi connectivity index (χ0) is 13.7. The van der Waals surface area contributed by atoms with Crippen LogP contribution < -0.4 is 4.74 Å². The molecule has 0 fully saturated rings. The van der Waals surface area contributed by atoms with E-state index >= 15 is 0 Å². The van der Waals surface area contributed by atoms with E-state index in [1.54, 1.807) is 7.11 Å². The normalized spacial score (nSPS) is 11.9. The molecule has 0 bridgehead atoms. The summed E-state index contributed by atoms with van der Waals surface area (Å²) in [6.45, 7) is 1.97. The first kappa shape index (κ1) is 13.3. The maximum absolute atomic E-state index is 12.3. The summed E-state index contributed by atoms with van der Waals surface area (Å²) in [5.41, 5.74) is 1.93. The van der Waals surface area contributed by atoms with Crippen molar-refractivity contribution in [3.8, 4) is 5.75 Å². The van der Waals surface area contributed by atoms with E-state index in [9.17, 15) is 4.79 Å². The highest BCUT2D eigenvalue weighted by molar-refractivity contribution is 5.97. The van der Waals surface area contributed by atoms with Gasteiger partial charge in [-0.3, -0.25) is 4.79 Å². The number of hydrogen-bond donors (Lipinski definition) is 0. The molecule has 0 amide bonds. The van der Waals surface area contributed by atoms with E-state index in [1.165, 1.54) is 5.56 Å². The summed E-state index contributed by atoms with van der Waals surface area (Å²) in [4.78, 5) is 12.3. The fourth-order valence-electron chi connectivity index (χ4n) is 2.10. The van der Waals surface area contributed by atoms with Crippen LogP contribution >= 0.6 is 0 Å². The summed E-state index contributed by atoms with van der Waals surface area (Å²) in [6, 6.07) is 17.4. The van der Waals surface area contributed by atoms with Gasteiger partial charge in [0.15, 0.2) is 5.78 Å². The maximum atomic E-state index is 12.3. The Labute approximate surface area is 114 Å². The summed E-state index contributed by atoms with van der Waals surface area (Å²) in [5.74, 6) is 0.926. The minimum absolute atomic E-state index is 0.0178. The average Bonchev–Trinajstić information content (AvgIpc) is 2.47. The summed E-state index contributed by atoms with van der Waals surface area (Å²) in [6.07, 6.45) is 0.770. The molecule has 98 valence electrons.